The Balaban J connectivity index is 1.81. The molecule has 0 bridgehead atoms. The molecule has 1 saturated heterocycles. The van der Waals surface area contributed by atoms with Crippen molar-refractivity contribution >= 4 is 10.0 Å². The third kappa shape index (κ3) is 4.76. The lowest BCUT2D eigenvalue weighted by atomic mass is 10.0. The summed E-state index contributed by atoms with van der Waals surface area (Å²) in [4.78, 5) is 2.37. The number of nitrogens with zero attached hydrogens (tertiary/aromatic N) is 1. The van der Waals surface area contributed by atoms with Crippen molar-refractivity contribution in [2.45, 2.75) is 38.0 Å². The fourth-order valence-corrected chi connectivity index (χ4v) is 3.91. The van der Waals surface area contributed by atoms with Gasteiger partial charge in [-0.1, -0.05) is 13.0 Å². The van der Waals surface area contributed by atoms with Gasteiger partial charge in [0.2, 0.25) is 10.0 Å². The van der Waals surface area contributed by atoms with E-state index in [2.05, 4.69) is 16.5 Å². The van der Waals surface area contributed by atoms with E-state index < -0.39 is 15.8 Å². The Hall–Kier alpha value is -0.980. The van der Waals surface area contributed by atoms with Crippen LogP contribution in [0.25, 0.3) is 0 Å². The van der Waals surface area contributed by atoms with Crippen LogP contribution in [0.4, 0.5) is 4.39 Å². The molecule has 1 atom stereocenters. The lowest BCUT2D eigenvalue weighted by molar-refractivity contribution is 0.182. The van der Waals surface area contributed by atoms with Gasteiger partial charge in [-0.2, -0.15) is 0 Å². The first-order valence-electron chi connectivity index (χ1n) is 7.86. The summed E-state index contributed by atoms with van der Waals surface area (Å²) >= 11 is 0. The summed E-state index contributed by atoms with van der Waals surface area (Å²) in [6, 6.07) is 4.00. The van der Waals surface area contributed by atoms with Crippen molar-refractivity contribution in [1.29, 1.82) is 0 Å². The van der Waals surface area contributed by atoms with E-state index in [4.69, 9.17) is 0 Å². The van der Waals surface area contributed by atoms with Gasteiger partial charge in [-0.15, -0.1) is 0 Å². The van der Waals surface area contributed by atoms with Crippen LogP contribution in [-0.2, 0) is 10.0 Å². The number of likely N-dealkylation sites (tertiary alicyclic amines) is 1. The molecule has 2 rings (SSSR count). The van der Waals surface area contributed by atoms with Gasteiger partial charge >= 0.3 is 0 Å². The summed E-state index contributed by atoms with van der Waals surface area (Å²) in [7, 11) is -3.62. The third-order valence-electron chi connectivity index (χ3n) is 4.14. The van der Waals surface area contributed by atoms with Crippen molar-refractivity contribution in [3.63, 3.8) is 0 Å². The van der Waals surface area contributed by atoms with Crippen LogP contribution in [0.15, 0.2) is 23.1 Å². The fourth-order valence-electron chi connectivity index (χ4n) is 2.82. The third-order valence-corrected chi connectivity index (χ3v) is 5.60. The van der Waals surface area contributed by atoms with Crippen LogP contribution in [0.1, 0.15) is 31.7 Å². The number of nitrogens with one attached hydrogen (secondary N) is 1. The topological polar surface area (TPSA) is 49.4 Å². The standard InChI is InChI=1S/C16H25FN2O2S/c1-13-5-3-9-19(12-13)10-4-8-18-22(20,21)15-7-6-14(2)16(17)11-15/h6-7,11,13,18H,3-5,8-10,12H2,1-2H3/t13-/m0/s1. The highest BCUT2D eigenvalue weighted by Crippen LogP contribution is 2.16. The zero-order valence-corrected chi connectivity index (χ0v) is 14.1. The van der Waals surface area contributed by atoms with Crippen molar-refractivity contribution in [3.8, 4) is 0 Å². The van der Waals surface area contributed by atoms with Crippen molar-refractivity contribution in [3.05, 3.63) is 29.6 Å². The van der Waals surface area contributed by atoms with Gasteiger partial charge in [-0.25, -0.2) is 17.5 Å². The molecular weight excluding hydrogens is 303 g/mol. The van der Waals surface area contributed by atoms with E-state index in [9.17, 15) is 12.8 Å². The molecule has 1 aromatic rings. The molecular formula is C16H25FN2O2S. The lowest BCUT2D eigenvalue weighted by Crippen LogP contribution is -2.36. The molecule has 1 aromatic carbocycles. The van der Waals surface area contributed by atoms with Gasteiger partial charge in [0, 0.05) is 13.1 Å². The molecule has 1 heterocycles. The Morgan fingerprint density at radius 3 is 2.86 bits per heavy atom. The summed E-state index contributed by atoms with van der Waals surface area (Å²) in [6.07, 6.45) is 3.26. The number of rotatable bonds is 6. The summed E-state index contributed by atoms with van der Waals surface area (Å²) < 4.78 is 40.2. The smallest absolute Gasteiger partial charge is 0.240 e. The molecule has 0 radical (unpaired) electrons. The highest BCUT2D eigenvalue weighted by atomic mass is 32.2. The summed E-state index contributed by atoms with van der Waals surface area (Å²) in [5, 5.41) is 0. The van der Waals surface area contributed by atoms with E-state index in [1.165, 1.54) is 25.0 Å². The SMILES string of the molecule is Cc1ccc(S(=O)(=O)NCCCN2CCC[C@H](C)C2)cc1F. The number of sulfonamides is 1. The first-order chi connectivity index (χ1) is 10.4. The van der Waals surface area contributed by atoms with Crippen LogP contribution in [0, 0.1) is 18.7 Å². The molecule has 0 spiro atoms. The number of halogens is 1. The van der Waals surface area contributed by atoms with Crippen LogP contribution in [0.3, 0.4) is 0 Å². The minimum Gasteiger partial charge on any atom is -0.303 e. The Labute approximate surface area is 132 Å². The molecule has 0 amide bonds. The Kier molecular flexibility index (Phi) is 5.94. The molecule has 6 heteroatoms. The molecule has 1 N–H and O–H groups in total. The maximum Gasteiger partial charge on any atom is 0.240 e. The van der Waals surface area contributed by atoms with Crippen molar-refractivity contribution < 1.29 is 12.8 Å². The highest BCUT2D eigenvalue weighted by Gasteiger charge is 2.17. The molecule has 124 valence electrons. The molecule has 1 aliphatic rings. The van der Waals surface area contributed by atoms with Gasteiger partial charge in [0.25, 0.3) is 0 Å². The zero-order valence-electron chi connectivity index (χ0n) is 13.3. The lowest BCUT2D eigenvalue weighted by Gasteiger charge is -2.30. The number of benzene rings is 1. The maximum absolute atomic E-state index is 13.5. The molecule has 0 saturated carbocycles. The Morgan fingerprint density at radius 1 is 1.41 bits per heavy atom. The minimum absolute atomic E-state index is 0.0119. The number of hydrogen-bond donors (Lipinski definition) is 1. The quantitative estimate of drug-likeness (QED) is 0.817. The van der Waals surface area contributed by atoms with Crippen LogP contribution >= 0.6 is 0 Å². The second kappa shape index (κ2) is 7.53. The maximum atomic E-state index is 13.5. The second-order valence-electron chi connectivity index (χ2n) is 6.21. The summed E-state index contributed by atoms with van der Waals surface area (Å²) in [5.74, 6) is 0.228. The minimum atomic E-state index is -3.62. The van der Waals surface area contributed by atoms with E-state index >= 15 is 0 Å². The largest absolute Gasteiger partial charge is 0.303 e. The molecule has 1 fully saturated rings. The van der Waals surface area contributed by atoms with E-state index in [0.717, 1.165) is 38.0 Å². The average molecular weight is 328 g/mol. The number of aryl methyl sites for hydroxylation is 1. The highest BCUT2D eigenvalue weighted by molar-refractivity contribution is 7.89. The van der Waals surface area contributed by atoms with E-state index in [1.54, 1.807) is 6.92 Å². The van der Waals surface area contributed by atoms with Crippen molar-refractivity contribution in [1.82, 2.24) is 9.62 Å². The zero-order chi connectivity index (χ0) is 16.2. The molecule has 22 heavy (non-hydrogen) atoms. The van der Waals surface area contributed by atoms with Crippen LogP contribution < -0.4 is 4.72 Å². The van der Waals surface area contributed by atoms with Crippen molar-refractivity contribution in [2.24, 2.45) is 5.92 Å². The van der Waals surface area contributed by atoms with Gasteiger partial charge in [0.15, 0.2) is 0 Å². The molecule has 1 aliphatic heterocycles. The Morgan fingerprint density at radius 2 is 2.18 bits per heavy atom. The summed E-state index contributed by atoms with van der Waals surface area (Å²) in [6.45, 7) is 7.33. The van der Waals surface area contributed by atoms with E-state index in [0.29, 0.717) is 12.1 Å². The van der Waals surface area contributed by atoms with Gasteiger partial charge in [-0.05, 0) is 62.9 Å². The van der Waals surface area contributed by atoms with Gasteiger partial charge in [0.1, 0.15) is 5.82 Å². The Bertz CT molecular complexity index is 604. The first-order valence-corrected chi connectivity index (χ1v) is 9.35. The molecule has 0 unspecified atom stereocenters. The first kappa shape index (κ1) is 17.4. The summed E-state index contributed by atoms with van der Waals surface area (Å²) in [5.41, 5.74) is 0.443. The van der Waals surface area contributed by atoms with Gasteiger partial charge in [-0.3, -0.25) is 0 Å². The van der Waals surface area contributed by atoms with Crippen LogP contribution in [-0.4, -0.2) is 39.5 Å². The molecule has 0 aromatic heterocycles. The second-order valence-corrected chi connectivity index (χ2v) is 7.98. The monoisotopic (exact) mass is 328 g/mol. The van der Waals surface area contributed by atoms with Crippen LogP contribution in [0.5, 0.6) is 0 Å². The van der Waals surface area contributed by atoms with E-state index in [1.807, 2.05) is 0 Å². The van der Waals surface area contributed by atoms with Crippen LogP contribution in [0.2, 0.25) is 0 Å². The predicted octanol–water partition coefficient (Wildman–Crippen LogP) is 2.53. The molecule has 4 nitrogen and oxygen atoms in total. The predicted molar refractivity (Wildman–Crippen MR) is 85.8 cm³/mol. The van der Waals surface area contributed by atoms with Crippen molar-refractivity contribution in [2.75, 3.05) is 26.2 Å². The average Bonchev–Trinajstić information content (AvgIpc) is 2.46. The van der Waals surface area contributed by atoms with Gasteiger partial charge < -0.3 is 4.90 Å². The number of piperidine rings is 1. The number of hydrogen-bond acceptors (Lipinski definition) is 3. The van der Waals surface area contributed by atoms with E-state index in [-0.39, 0.29) is 4.90 Å². The normalized spacial score (nSPS) is 20.2. The molecule has 0 aliphatic carbocycles. The van der Waals surface area contributed by atoms with Gasteiger partial charge in [0.05, 0.1) is 4.90 Å². The fraction of sp³-hybridized carbons (Fsp3) is 0.625.